The van der Waals surface area contributed by atoms with E-state index in [4.69, 9.17) is 11.6 Å². The third-order valence-corrected chi connectivity index (χ3v) is 6.22. The average Bonchev–Trinajstić information content (AvgIpc) is 2.82. The summed E-state index contributed by atoms with van der Waals surface area (Å²) in [5.41, 5.74) is 3.03. The van der Waals surface area contributed by atoms with Gasteiger partial charge in [0.25, 0.3) is 5.91 Å². The Balaban J connectivity index is 1.91. The number of amides is 1. The predicted octanol–water partition coefficient (Wildman–Crippen LogP) is 7.97. The normalized spacial score (nSPS) is 11.9. The van der Waals surface area contributed by atoms with Crippen molar-refractivity contribution in [3.05, 3.63) is 99.6 Å². The Kier molecular flexibility index (Phi) is 8.72. The number of nitrogens with zero attached hydrogens (tertiary/aromatic N) is 1. The average molecular weight is 517 g/mol. The Bertz CT molecular complexity index is 1180. The fourth-order valence-corrected chi connectivity index (χ4v) is 4.13. The van der Waals surface area contributed by atoms with Crippen LogP contribution in [0.1, 0.15) is 60.3 Å². The number of hydrogen-bond acceptors (Lipinski definition) is 2. The molecule has 192 valence electrons. The first kappa shape index (κ1) is 27.6. The van der Waals surface area contributed by atoms with Gasteiger partial charge in [-0.1, -0.05) is 74.8 Å². The Hall–Kier alpha value is -2.99. The van der Waals surface area contributed by atoms with Gasteiger partial charge in [0.2, 0.25) is 0 Å². The van der Waals surface area contributed by atoms with E-state index in [1.165, 1.54) is 11.6 Å². The highest BCUT2D eigenvalue weighted by Crippen LogP contribution is 2.30. The second-order valence-corrected chi connectivity index (χ2v) is 10.3. The summed E-state index contributed by atoms with van der Waals surface area (Å²) in [6.45, 7) is 9.53. The van der Waals surface area contributed by atoms with Gasteiger partial charge in [-0.25, -0.2) is 0 Å². The monoisotopic (exact) mass is 516 g/mol. The Morgan fingerprint density at radius 2 is 1.61 bits per heavy atom. The first-order valence-electron chi connectivity index (χ1n) is 12.0. The maximum atomic E-state index is 13.7. The van der Waals surface area contributed by atoms with E-state index in [2.05, 4.69) is 26.1 Å². The van der Waals surface area contributed by atoms with Crippen molar-refractivity contribution in [1.29, 1.82) is 0 Å². The molecule has 0 saturated heterocycles. The van der Waals surface area contributed by atoms with Crippen molar-refractivity contribution in [1.82, 2.24) is 4.90 Å². The van der Waals surface area contributed by atoms with Crippen LogP contribution in [0.2, 0.25) is 5.02 Å². The van der Waals surface area contributed by atoms with Gasteiger partial charge in [0.1, 0.15) is 0 Å². The third-order valence-electron chi connectivity index (χ3n) is 5.98. The number of halogens is 4. The van der Waals surface area contributed by atoms with Gasteiger partial charge >= 0.3 is 6.18 Å². The van der Waals surface area contributed by atoms with Gasteiger partial charge in [-0.15, -0.1) is 0 Å². The largest absolute Gasteiger partial charge is 0.416 e. The molecule has 0 heterocycles. The van der Waals surface area contributed by atoms with Crippen molar-refractivity contribution in [2.75, 3.05) is 18.4 Å². The molecule has 36 heavy (non-hydrogen) atoms. The van der Waals surface area contributed by atoms with E-state index in [1.807, 2.05) is 31.2 Å². The zero-order valence-corrected chi connectivity index (χ0v) is 21.8. The molecule has 3 rings (SSSR count). The molecule has 0 aliphatic carbocycles. The van der Waals surface area contributed by atoms with E-state index in [-0.39, 0.29) is 24.3 Å². The number of hydrogen-bond donors (Lipinski definition) is 1. The van der Waals surface area contributed by atoms with Crippen LogP contribution in [0.25, 0.3) is 0 Å². The minimum atomic E-state index is -4.41. The van der Waals surface area contributed by atoms with Crippen molar-refractivity contribution in [2.24, 2.45) is 0 Å². The highest BCUT2D eigenvalue weighted by molar-refractivity contribution is 6.31. The lowest BCUT2D eigenvalue weighted by Gasteiger charge is -2.25. The second-order valence-electron chi connectivity index (χ2n) is 9.84. The number of carbonyl (C=O) groups excluding carboxylic acids is 1. The Morgan fingerprint density at radius 3 is 2.22 bits per heavy atom. The van der Waals surface area contributed by atoms with Crippen LogP contribution in [0, 0.1) is 0 Å². The standard InChI is InChI=1S/C29H32ClF3N2O/c1-5-34-26-14-13-24(30)18-25(26)27(36)35(19-21-9-11-22(12-10-21)28(2,3)4)16-15-20-7-6-8-23(17-20)29(31,32)33/h6-14,17-18,34H,5,15-16,19H2,1-4H3. The maximum Gasteiger partial charge on any atom is 0.416 e. The van der Waals surface area contributed by atoms with Crippen LogP contribution in [0.4, 0.5) is 18.9 Å². The molecule has 0 aliphatic heterocycles. The van der Waals surface area contributed by atoms with Gasteiger partial charge in [-0.3, -0.25) is 4.79 Å². The highest BCUT2D eigenvalue weighted by Gasteiger charge is 2.30. The molecule has 3 aromatic rings. The molecule has 1 N–H and O–H groups in total. The topological polar surface area (TPSA) is 32.3 Å². The quantitative estimate of drug-likeness (QED) is 0.329. The Labute approximate surface area is 216 Å². The molecule has 7 heteroatoms. The molecule has 3 nitrogen and oxygen atoms in total. The summed E-state index contributed by atoms with van der Waals surface area (Å²) >= 11 is 6.21. The Morgan fingerprint density at radius 1 is 0.917 bits per heavy atom. The van der Waals surface area contributed by atoms with Crippen LogP contribution in [0.3, 0.4) is 0 Å². The van der Waals surface area contributed by atoms with Gasteiger partial charge in [0.15, 0.2) is 0 Å². The second kappa shape index (κ2) is 11.4. The van der Waals surface area contributed by atoms with Crippen LogP contribution >= 0.6 is 11.6 Å². The van der Waals surface area contributed by atoms with Crippen LogP contribution in [0.15, 0.2) is 66.7 Å². The molecule has 0 spiro atoms. The smallest absolute Gasteiger partial charge is 0.385 e. The summed E-state index contributed by atoms with van der Waals surface area (Å²) in [6, 6.07) is 18.4. The highest BCUT2D eigenvalue weighted by atomic mass is 35.5. The summed E-state index contributed by atoms with van der Waals surface area (Å²) in [7, 11) is 0. The maximum absolute atomic E-state index is 13.7. The van der Waals surface area contributed by atoms with E-state index in [0.29, 0.717) is 34.9 Å². The zero-order chi connectivity index (χ0) is 26.5. The zero-order valence-electron chi connectivity index (χ0n) is 21.0. The number of benzene rings is 3. The van der Waals surface area contributed by atoms with Crippen LogP contribution in [0.5, 0.6) is 0 Å². The molecule has 1 amide bonds. The summed E-state index contributed by atoms with van der Waals surface area (Å²) < 4.78 is 39.6. The van der Waals surface area contributed by atoms with Crippen molar-refractivity contribution < 1.29 is 18.0 Å². The minimum absolute atomic E-state index is 0.000945. The predicted molar refractivity (Wildman–Crippen MR) is 141 cm³/mol. The molecule has 0 unspecified atom stereocenters. The molecule has 0 saturated carbocycles. The first-order chi connectivity index (χ1) is 16.9. The van der Waals surface area contributed by atoms with Gasteiger partial charge in [-0.05, 0) is 59.7 Å². The van der Waals surface area contributed by atoms with Crippen molar-refractivity contribution in [3.8, 4) is 0 Å². The lowest BCUT2D eigenvalue weighted by molar-refractivity contribution is -0.137. The molecule has 3 aromatic carbocycles. The number of carbonyl (C=O) groups is 1. The molecule has 0 bridgehead atoms. The van der Waals surface area contributed by atoms with Crippen LogP contribution in [-0.4, -0.2) is 23.9 Å². The molecular formula is C29H32ClF3N2O. The molecular weight excluding hydrogens is 485 g/mol. The van der Waals surface area contributed by atoms with E-state index in [1.54, 1.807) is 29.2 Å². The molecule has 0 aliphatic rings. The fourth-order valence-electron chi connectivity index (χ4n) is 3.96. The van der Waals surface area contributed by atoms with E-state index in [0.717, 1.165) is 17.7 Å². The summed E-state index contributed by atoms with van der Waals surface area (Å²) in [5, 5.41) is 3.63. The SMILES string of the molecule is CCNc1ccc(Cl)cc1C(=O)N(CCc1cccc(C(F)(F)F)c1)Cc1ccc(C(C)(C)C)cc1. The summed E-state index contributed by atoms with van der Waals surface area (Å²) in [5.74, 6) is -0.236. The van der Waals surface area contributed by atoms with Crippen LogP contribution in [-0.2, 0) is 24.6 Å². The molecule has 0 atom stereocenters. The summed E-state index contributed by atoms with van der Waals surface area (Å²) in [4.78, 5) is 15.4. The lowest BCUT2D eigenvalue weighted by Crippen LogP contribution is -2.33. The van der Waals surface area contributed by atoms with Gasteiger partial charge in [-0.2, -0.15) is 13.2 Å². The van der Waals surface area contributed by atoms with Crippen molar-refractivity contribution in [3.63, 3.8) is 0 Å². The number of rotatable bonds is 8. The third kappa shape index (κ3) is 7.26. The number of alkyl halides is 3. The first-order valence-corrected chi connectivity index (χ1v) is 12.3. The van der Waals surface area contributed by atoms with Crippen LogP contribution < -0.4 is 5.32 Å². The fraction of sp³-hybridized carbons (Fsp3) is 0.345. The number of nitrogens with one attached hydrogen (secondary N) is 1. The van der Waals surface area contributed by atoms with E-state index >= 15 is 0 Å². The lowest BCUT2D eigenvalue weighted by atomic mass is 9.87. The van der Waals surface area contributed by atoms with E-state index in [9.17, 15) is 18.0 Å². The number of anilines is 1. The molecule has 0 fully saturated rings. The molecule has 0 radical (unpaired) electrons. The van der Waals surface area contributed by atoms with Gasteiger partial charge in [0.05, 0.1) is 11.1 Å². The van der Waals surface area contributed by atoms with Crippen molar-refractivity contribution >= 4 is 23.2 Å². The molecule has 0 aromatic heterocycles. The van der Waals surface area contributed by atoms with E-state index < -0.39 is 11.7 Å². The van der Waals surface area contributed by atoms with Crippen molar-refractivity contribution in [2.45, 2.75) is 52.3 Å². The minimum Gasteiger partial charge on any atom is -0.385 e. The van der Waals surface area contributed by atoms with Gasteiger partial charge < -0.3 is 10.2 Å². The van der Waals surface area contributed by atoms with Gasteiger partial charge in [0, 0.05) is 30.3 Å². The summed E-state index contributed by atoms with van der Waals surface area (Å²) in [6.07, 6.45) is -4.13.